The number of piperazine rings is 1. The van der Waals surface area contributed by atoms with E-state index in [2.05, 4.69) is 0 Å². The molecule has 0 spiro atoms. The minimum atomic E-state index is -4.36. The highest BCUT2D eigenvalue weighted by Gasteiger charge is 2.35. The third-order valence-electron chi connectivity index (χ3n) is 4.02. The molecule has 1 amide bonds. The molecule has 0 saturated carbocycles. The van der Waals surface area contributed by atoms with Crippen LogP contribution in [0.25, 0.3) is 5.70 Å². The maximum absolute atomic E-state index is 12.7. The molecule has 0 aromatic heterocycles. The van der Waals surface area contributed by atoms with Gasteiger partial charge < -0.3 is 9.64 Å². The molecule has 136 valence electrons. The zero-order valence-electron chi connectivity index (χ0n) is 14.2. The molecule has 2 heterocycles. The van der Waals surface area contributed by atoms with Crippen LogP contribution >= 0.6 is 11.8 Å². The van der Waals surface area contributed by atoms with Gasteiger partial charge in [-0.1, -0.05) is 0 Å². The normalized spacial score (nSPS) is 20.8. The van der Waals surface area contributed by atoms with E-state index in [0.717, 1.165) is 0 Å². The van der Waals surface area contributed by atoms with Crippen molar-refractivity contribution in [3.63, 3.8) is 0 Å². The van der Waals surface area contributed by atoms with Crippen molar-refractivity contribution in [1.29, 1.82) is 0 Å². The maximum atomic E-state index is 12.7. The van der Waals surface area contributed by atoms with Crippen LogP contribution in [0.4, 0.5) is 13.2 Å². The van der Waals surface area contributed by atoms with Gasteiger partial charge in [0.15, 0.2) is 0 Å². The SMILES string of the molecule is CN1CCN(C2=CC(C)(C)Oc3ccc(SC(F)(F)F)cc32)C(=O)C1. The number of thioether (sulfide) groups is 1. The lowest BCUT2D eigenvalue weighted by Gasteiger charge is -2.39. The van der Waals surface area contributed by atoms with Gasteiger partial charge in [-0.25, -0.2) is 0 Å². The summed E-state index contributed by atoms with van der Waals surface area (Å²) >= 11 is -0.171. The molecule has 0 bridgehead atoms. The molecule has 4 nitrogen and oxygen atoms in total. The van der Waals surface area contributed by atoms with Gasteiger partial charge in [0.1, 0.15) is 11.4 Å². The van der Waals surface area contributed by atoms with E-state index in [1.807, 2.05) is 25.8 Å². The predicted octanol–water partition coefficient (Wildman–Crippen LogP) is 3.58. The van der Waals surface area contributed by atoms with Gasteiger partial charge in [0, 0.05) is 23.5 Å². The first-order valence-corrected chi connectivity index (χ1v) is 8.67. The Morgan fingerprint density at radius 3 is 2.60 bits per heavy atom. The molecule has 8 heteroatoms. The number of benzene rings is 1. The first-order valence-electron chi connectivity index (χ1n) is 7.85. The van der Waals surface area contributed by atoms with Crippen LogP contribution in [0.15, 0.2) is 29.2 Å². The van der Waals surface area contributed by atoms with Crippen LogP contribution in [0.3, 0.4) is 0 Å². The molecule has 25 heavy (non-hydrogen) atoms. The number of alkyl halides is 3. The van der Waals surface area contributed by atoms with Crippen molar-refractivity contribution in [1.82, 2.24) is 9.80 Å². The predicted molar refractivity (Wildman–Crippen MR) is 90.2 cm³/mol. The summed E-state index contributed by atoms with van der Waals surface area (Å²) in [6.45, 7) is 5.19. The topological polar surface area (TPSA) is 32.8 Å². The molecular formula is C17H19F3N2O2S. The Bertz CT molecular complexity index is 731. The molecule has 0 unspecified atom stereocenters. The van der Waals surface area contributed by atoms with E-state index in [9.17, 15) is 18.0 Å². The van der Waals surface area contributed by atoms with Gasteiger partial charge in [0.25, 0.3) is 0 Å². The average molecular weight is 372 g/mol. The minimum Gasteiger partial charge on any atom is -0.483 e. The van der Waals surface area contributed by atoms with E-state index < -0.39 is 11.1 Å². The Morgan fingerprint density at radius 1 is 1.24 bits per heavy atom. The molecule has 0 atom stereocenters. The van der Waals surface area contributed by atoms with Crippen LogP contribution in [0.2, 0.25) is 0 Å². The molecule has 0 N–H and O–H groups in total. The Labute approximate surface area is 148 Å². The summed E-state index contributed by atoms with van der Waals surface area (Å²) in [5.74, 6) is 0.415. The van der Waals surface area contributed by atoms with Crippen molar-refractivity contribution in [3.8, 4) is 5.75 Å². The van der Waals surface area contributed by atoms with Gasteiger partial charge >= 0.3 is 5.51 Å². The Morgan fingerprint density at radius 2 is 1.96 bits per heavy atom. The minimum absolute atomic E-state index is 0.0713. The number of nitrogens with zero attached hydrogens (tertiary/aromatic N) is 2. The summed E-state index contributed by atoms with van der Waals surface area (Å²) < 4.78 is 44.0. The lowest BCUT2D eigenvalue weighted by molar-refractivity contribution is -0.131. The quantitative estimate of drug-likeness (QED) is 0.743. The zero-order chi connectivity index (χ0) is 18.4. The highest BCUT2D eigenvalue weighted by atomic mass is 32.2. The van der Waals surface area contributed by atoms with Crippen LogP contribution < -0.4 is 4.74 Å². The number of ether oxygens (including phenoxy) is 1. The summed E-state index contributed by atoms with van der Waals surface area (Å²) in [7, 11) is 1.86. The van der Waals surface area contributed by atoms with Crippen LogP contribution in [-0.2, 0) is 4.79 Å². The smallest absolute Gasteiger partial charge is 0.446 e. The highest BCUT2D eigenvalue weighted by Crippen LogP contribution is 2.43. The van der Waals surface area contributed by atoms with Crippen LogP contribution in [0.1, 0.15) is 19.4 Å². The molecule has 1 fully saturated rings. The van der Waals surface area contributed by atoms with Crippen LogP contribution in [0.5, 0.6) is 5.75 Å². The van der Waals surface area contributed by atoms with Crippen molar-refractivity contribution in [3.05, 3.63) is 29.8 Å². The maximum Gasteiger partial charge on any atom is 0.446 e. The van der Waals surface area contributed by atoms with Crippen molar-refractivity contribution < 1.29 is 22.7 Å². The number of fused-ring (bicyclic) bond motifs is 1. The number of carbonyl (C=O) groups excluding carboxylic acids is 1. The number of amides is 1. The van der Waals surface area contributed by atoms with E-state index in [1.54, 1.807) is 17.0 Å². The number of rotatable bonds is 2. The first kappa shape index (κ1) is 18.1. The fourth-order valence-corrected chi connectivity index (χ4v) is 3.56. The third-order valence-corrected chi connectivity index (χ3v) is 4.74. The highest BCUT2D eigenvalue weighted by molar-refractivity contribution is 8.00. The van der Waals surface area contributed by atoms with Gasteiger partial charge in [-0.15, -0.1) is 0 Å². The Hall–Kier alpha value is -1.67. The van der Waals surface area contributed by atoms with E-state index >= 15 is 0 Å². The Kier molecular flexibility index (Phi) is 4.53. The van der Waals surface area contributed by atoms with Crippen molar-refractivity contribution in [2.75, 3.05) is 26.7 Å². The average Bonchev–Trinajstić information content (AvgIpc) is 2.45. The lowest BCUT2D eigenvalue weighted by atomic mass is 9.97. The van der Waals surface area contributed by atoms with Gasteiger partial charge in [-0.05, 0) is 56.9 Å². The van der Waals surface area contributed by atoms with E-state index in [-0.39, 0.29) is 29.1 Å². The van der Waals surface area contributed by atoms with Crippen molar-refractivity contribution in [2.45, 2.75) is 29.9 Å². The first-order chi connectivity index (χ1) is 11.5. The summed E-state index contributed by atoms with van der Waals surface area (Å²) in [5.41, 5.74) is -3.87. The summed E-state index contributed by atoms with van der Waals surface area (Å²) in [6, 6.07) is 4.38. The van der Waals surface area contributed by atoms with Crippen LogP contribution in [0, 0.1) is 0 Å². The number of hydrogen-bond donors (Lipinski definition) is 0. The van der Waals surface area contributed by atoms with Crippen molar-refractivity contribution in [2.24, 2.45) is 0 Å². The summed E-state index contributed by atoms with van der Waals surface area (Å²) in [5, 5.41) is 0. The van der Waals surface area contributed by atoms with Gasteiger partial charge in [-0.2, -0.15) is 13.2 Å². The number of hydrogen-bond acceptors (Lipinski definition) is 4. The molecule has 1 aromatic rings. The number of halogens is 3. The van der Waals surface area contributed by atoms with E-state index in [1.165, 1.54) is 12.1 Å². The fraction of sp³-hybridized carbons (Fsp3) is 0.471. The summed E-state index contributed by atoms with van der Waals surface area (Å²) in [4.78, 5) is 16.1. The molecule has 1 aromatic carbocycles. The number of carbonyl (C=O) groups is 1. The largest absolute Gasteiger partial charge is 0.483 e. The number of likely N-dealkylation sites (N-methyl/N-ethyl adjacent to an activating group) is 1. The third kappa shape index (κ3) is 4.12. The Balaban J connectivity index is 2.01. The van der Waals surface area contributed by atoms with Crippen molar-refractivity contribution >= 4 is 23.4 Å². The van der Waals surface area contributed by atoms with Gasteiger partial charge in [0.05, 0.1) is 12.2 Å². The fourth-order valence-electron chi connectivity index (χ4n) is 2.98. The standard InChI is InChI=1S/C17H19F3N2O2S/c1-16(2)9-13(22-7-6-21(3)10-15(22)23)12-8-11(25-17(18,19)20)4-5-14(12)24-16/h4-5,8-9H,6-7,10H2,1-3H3. The molecule has 2 aliphatic heterocycles. The second-order valence-corrected chi connectivity index (χ2v) is 7.86. The van der Waals surface area contributed by atoms with E-state index in [0.29, 0.717) is 30.1 Å². The van der Waals surface area contributed by atoms with Gasteiger partial charge in [-0.3, -0.25) is 9.69 Å². The summed E-state index contributed by atoms with van der Waals surface area (Å²) in [6.07, 6.45) is 1.81. The zero-order valence-corrected chi connectivity index (χ0v) is 15.0. The molecule has 0 radical (unpaired) electrons. The van der Waals surface area contributed by atoms with E-state index in [4.69, 9.17) is 4.74 Å². The van der Waals surface area contributed by atoms with Gasteiger partial charge in [0.2, 0.25) is 5.91 Å². The molecular weight excluding hydrogens is 353 g/mol. The molecule has 1 saturated heterocycles. The van der Waals surface area contributed by atoms with Crippen LogP contribution in [-0.4, -0.2) is 53.5 Å². The second kappa shape index (κ2) is 6.25. The monoisotopic (exact) mass is 372 g/mol. The molecule has 0 aliphatic carbocycles. The lowest BCUT2D eigenvalue weighted by Crippen LogP contribution is -2.48. The molecule has 2 aliphatic rings. The second-order valence-electron chi connectivity index (χ2n) is 6.72. The molecule has 3 rings (SSSR count).